The van der Waals surface area contributed by atoms with Crippen LogP contribution in [0, 0.1) is 0 Å². The van der Waals surface area contributed by atoms with Gasteiger partial charge in [0.15, 0.2) is 24.5 Å². The summed E-state index contributed by atoms with van der Waals surface area (Å²) in [5, 5.41) is 20.3. The molecular weight excluding hydrogens is 672 g/mol. The Kier molecular flexibility index (Phi) is 11.3. The summed E-state index contributed by atoms with van der Waals surface area (Å²) in [6.45, 7) is 3.93. The van der Waals surface area contributed by atoms with Gasteiger partial charge in [0.1, 0.15) is 25.4 Å². The van der Waals surface area contributed by atoms with Crippen molar-refractivity contribution in [3.8, 4) is 11.1 Å². The first-order chi connectivity index (χ1) is 24.3. The van der Waals surface area contributed by atoms with Crippen molar-refractivity contribution in [3.63, 3.8) is 0 Å². The van der Waals surface area contributed by atoms with Crippen LogP contribution in [0.4, 0.5) is 4.79 Å². The Morgan fingerprint density at radius 2 is 1.35 bits per heavy atom. The van der Waals surface area contributed by atoms with Crippen molar-refractivity contribution in [3.05, 3.63) is 71.5 Å². The molecule has 5 rings (SSSR count). The minimum absolute atomic E-state index is 0.0364. The summed E-state index contributed by atoms with van der Waals surface area (Å²) in [7, 11) is 0. The molecule has 3 aromatic rings. The highest BCUT2D eigenvalue weighted by molar-refractivity contribution is 5.81. The second-order valence-corrected chi connectivity index (χ2v) is 11.8. The average molecular weight is 709 g/mol. The van der Waals surface area contributed by atoms with Crippen LogP contribution in [0.2, 0.25) is 0 Å². The van der Waals surface area contributed by atoms with Crippen LogP contribution >= 0.6 is 0 Å². The number of aromatic nitrogens is 3. The van der Waals surface area contributed by atoms with Gasteiger partial charge in [0.25, 0.3) is 0 Å². The third-order valence-electron chi connectivity index (χ3n) is 8.13. The lowest BCUT2D eigenvalue weighted by molar-refractivity contribution is -0.270. The highest BCUT2D eigenvalue weighted by Crippen LogP contribution is 2.44. The molecule has 17 nitrogen and oxygen atoms in total. The van der Waals surface area contributed by atoms with Gasteiger partial charge in [-0.1, -0.05) is 53.7 Å². The summed E-state index contributed by atoms with van der Waals surface area (Å²) in [4.78, 5) is 73.0. The zero-order valence-corrected chi connectivity index (χ0v) is 28.0. The Morgan fingerprint density at radius 3 is 1.92 bits per heavy atom. The molecule has 1 amide bonds. The first-order valence-corrected chi connectivity index (χ1v) is 15.9. The zero-order valence-electron chi connectivity index (χ0n) is 28.0. The number of carboxylic acid groups (broad SMARTS) is 1. The number of nitrogens with zero attached hydrogens (tertiary/aromatic N) is 3. The maximum atomic E-state index is 12.9. The van der Waals surface area contributed by atoms with Crippen molar-refractivity contribution in [1.82, 2.24) is 20.3 Å². The van der Waals surface area contributed by atoms with Gasteiger partial charge in [-0.2, -0.15) is 0 Å². The quantitative estimate of drug-likeness (QED) is 0.203. The van der Waals surface area contributed by atoms with Crippen LogP contribution < -0.4 is 5.32 Å². The number of amides is 1. The molecule has 1 aromatic heterocycles. The number of benzene rings is 2. The van der Waals surface area contributed by atoms with E-state index in [4.69, 9.17) is 28.4 Å². The number of fused-ring (bicyclic) bond motifs is 3. The van der Waals surface area contributed by atoms with Gasteiger partial charge in [0.05, 0.1) is 11.9 Å². The molecule has 0 saturated carbocycles. The van der Waals surface area contributed by atoms with Crippen LogP contribution in [0.25, 0.3) is 11.1 Å². The van der Waals surface area contributed by atoms with Crippen LogP contribution in [-0.4, -0.2) is 99.7 Å². The predicted octanol–water partition coefficient (Wildman–Crippen LogP) is 2.07. The number of aliphatic carboxylic acids is 1. The normalized spacial score (nSPS) is 21.3. The number of hydrogen-bond acceptors (Lipinski definition) is 14. The minimum Gasteiger partial charge on any atom is -0.480 e. The van der Waals surface area contributed by atoms with Crippen molar-refractivity contribution >= 4 is 35.9 Å². The molecule has 1 fully saturated rings. The maximum Gasteiger partial charge on any atom is 0.407 e. The Labute approximate surface area is 291 Å². The summed E-state index contributed by atoms with van der Waals surface area (Å²) in [6.07, 6.45) is -6.99. The number of nitrogens with one attached hydrogen (secondary N) is 1. The van der Waals surface area contributed by atoms with E-state index >= 15 is 0 Å². The molecule has 0 spiro atoms. The van der Waals surface area contributed by atoms with Crippen molar-refractivity contribution < 1.29 is 62.3 Å². The van der Waals surface area contributed by atoms with Gasteiger partial charge in [0.2, 0.25) is 0 Å². The number of esters is 4. The molecule has 1 saturated heterocycles. The predicted molar refractivity (Wildman–Crippen MR) is 171 cm³/mol. The second-order valence-electron chi connectivity index (χ2n) is 11.8. The molecule has 1 aliphatic carbocycles. The van der Waals surface area contributed by atoms with Gasteiger partial charge in [-0.25, -0.2) is 14.3 Å². The number of hydrogen-bond donors (Lipinski definition) is 2. The van der Waals surface area contributed by atoms with E-state index in [2.05, 4.69) is 15.6 Å². The van der Waals surface area contributed by atoms with Gasteiger partial charge >= 0.3 is 35.9 Å². The van der Waals surface area contributed by atoms with E-state index < -0.39 is 79.2 Å². The van der Waals surface area contributed by atoms with E-state index in [1.807, 2.05) is 48.5 Å². The summed E-state index contributed by atoms with van der Waals surface area (Å²) in [6, 6.07) is 14.0. The molecule has 4 unspecified atom stereocenters. The summed E-state index contributed by atoms with van der Waals surface area (Å²) < 4.78 is 34.0. The highest BCUT2D eigenvalue weighted by Gasteiger charge is 2.53. The SMILES string of the molecule is CC(=O)OCC1O[C@@H](n2cc(CC(NC(=O)OCC3c4ccccc4-c4ccccc43)C(=O)O)nn2)C(OC(C)=O)C(OC(C)=O)[C@@H]1OC(C)=O. The number of carbonyl (C=O) groups excluding carboxylic acids is 5. The largest absolute Gasteiger partial charge is 0.480 e. The summed E-state index contributed by atoms with van der Waals surface area (Å²) in [5.74, 6) is -4.73. The topological polar surface area (TPSA) is 221 Å². The third kappa shape index (κ3) is 8.67. The maximum absolute atomic E-state index is 12.9. The molecule has 2 aromatic carbocycles. The van der Waals surface area contributed by atoms with E-state index in [1.54, 1.807) is 0 Å². The Bertz CT molecular complexity index is 1760. The van der Waals surface area contributed by atoms with Gasteiger partial charge in [0, 0.05) is 40.0 Å². The van der Waals surface area contributed by atoms with Crippen molar-refractivity contribution in [2.24, 2.45) is 0 Å². The first kappa shape index (κ1) is 36.4. The van der Waals surface area contributed by atoms with Crippen LogP contribution in [0.15, 0.2) is 54.7 Å². The molecule has 0 bridgehead atoms. The van der Waals surface area contributed by atoms with Crippen molar-refractivity contribution in [2.75, 3.05) is 13.2 Å². The molecule has 270 valence electrons. The molecule has 6 atom stereocenters. The van der Waals surface area contributed by atoms with E-state index in [1.165, 1.54) is 6.20 Å². The Morgan fingerprint density at radius 1 is 0.784 bits per heavy atom. The first-order valence-electron chi connectivity index (χ1n) is 15.9. The fourth-order valence-corrected chi connectivity index (χ4v) is 6.14. The van der Waals surface area contributed by atoms with Crippen LogP contribution in [0.5, 0.6) is 0 Å². The van der Waals surface area contributed by atoms with Gasteiger partial charge in [-0.3, -0.25) is 19.2 Å². The van der Waals surface area contributed by atoms with Crippen LogP contribution in [0.1, 0.15) is 56.7 Å². The second kappa shape index (κ2) is 15.8. The standard InChI is InChI=1S/C34H36N4O13/c1-17(39)46-16-28-29(48-18(2)40)30(49-19(3)41)31(50-20(4)42)32(51-28)38-14-21(36-37-38)13-27(33(43)44)35-34(45)47-15-26-24-11-7-5-9-22(24)23-10-6-8-12-25(23)26/h5-12,14,26-32H,13,15-16H2,1-4H3,(H,35,45)(H,43,44)/t27?,28?,29-,30?,31?,32-/m1/s1. The summed E-state index contributed by atoms with van der Waals surface area (Å²) in [5.41, 5.74) is 4.10. The van der Waals surface area contributed by atoms with E-state index in [0.29, 0.717) is 0 Å². The van der Waals surface area contributed by atoms with Crippen LogP contribution in [0.3, 0.4) is 0 Å². The lowest BCUT2D eigenvalue weighted by atomic mass is 9.97. The molecule has 2 N–H and O–H groups in total. The third-order valence-corrected chi connectivity index (χ3v) is 8.13. The lowest BCUT2D eigenvalue weighted by Crippen LogP contribution is -2.60. The van der Waals surface area contributed by atoms with Gasteiger partial charge < -0.3 is 38.8 Å². The number of rotatable bonds is 12. The Balaban J connectivity index is 1.32. The monoisotopic (exact) mass is 708 g/mol. The van der Waals surface area contributed by atoms with Gasteiger partial charge in [-0.05, 0) is 22.3 Å². The average Bonchev–Trinajstić information content (AvgIpc) is 3.66. The molecule has 2 aliphatic rings. The smallest absolute Gasteiger partial charge is 0.407 e. The number of carboxylic acids is 1. The molecule has 51 heavy (non-hydrogen) atoms. The van der Waals surface area contributed by atoms with E-state index in [0.717, 1.165) is 54.6 Å². The lowest BCUT2D eigenvalue weighted by Gasteiger charge is -2.44. The Hall–Kier alpha value is -5.84. The van der Waals surface area contributed by atoms with Crippen molar-refractivity contribution in [2.45, 2.75) is 76.7 Å². The highest BCUT2D eigenvalue weighted by atomic mass is 16.7. The van der Waals surface area contributed by atoms with Crippen LogP contribution in [-0.2, 0) is 58.8 Å². The molecule has 0 radical (unpaired) electrons. The fourth-order valence-electron chi connectivity index (χ4n) is 6.14. The fraction of sp³-hybridized carbons (Fsp3) is 0.412. The minimum atomic E-state index is -1.50. The zero-order chi connectivity index (χ0) is 36.8. The number of ether oxygens (including phenoxy) is 6. The van der Waals surface area contributed by atoms with Crippen molar-refractivity contribution in [1.29, 1.82) is 0 Å². The molecule has 17 heteroatoms. The van der Waals surface area contributed by atoms with Gasteiger partial charge in [-0.15, -0.1) is 5.10 Å². The molecular formula is C34H36N4O13. The van der Waals surface area contributed by atoms with E-state index in [9.17, 15) is 33.9 Å². The molecule has 2 heterocycles. The number of carbonyl (C=O) groups is 6. The summed E-state index contributed by atoms with van der Waals surface area (Å²) >= 11 is 0. The molecule has 1 aliphatic heterocycles. The van der Waals surface area contributed by atoms with E-state index in [-0.39, 0.29) is 24.6 Å². The number of alkyl carbamates (subject to hydrolysis) is 1.